The minimum absolute atomic E-state index is 0.134. The van der Waals surface area contributed by atoms with Crippen molar-refractivity contribution in [3.63, 3.8) is 0 Å². The van der Waals surface area contributed by atoms with E-state index in [0.717, 1.165) is 24.5 Å². The molecule has 1 amide bonds. The summed E-state index contributed by atoms with van der Waals surface area (Å²) in [6.07, 6.45) is 1.77. The highest BCUT2D eigenvalue weighted by Crippen LogP contribution is 2.18. The van der Waals surface area contributed by atoms with Crippen molar-refractivity contribution in [1.82, 2.24) is 9.88 Å². The van der Waals surface area contributed by atoms with Crippen molar-refractivity contribution in [3.8, 4) is 0 Å². The lowest BCUT2D eigenvalue weighted by Gasteiger charge is -2.34. The minimum atomic E-state index is -1.13. The SMILES string of the molecule is O=C(c1ccc(C[S@@](=O)Cc2ccc(Cl)cc2)o1)N1CCN(c2ccccn2)CC1. The normalized spacial score (nSPS) is 15.2. The third kappa shape index (κ3) is 5.09. The molecule has 8 heteroatoms. The number of amides is 1. The van der Waals surface area contributed by atoms with Gasteiger partial charge in [0.2, 0.25) is 0 Å². The Kier molecular flexibility index (Phi) is 6.50. The van der Waals surface area contributed by atoms with Gasteiger partial charge in [-0.2, -0.15) is 0 Å². The zero-order valence-electron chi connectivity index (χ0n) is 16.4. The molecule has 0 N–H and O–H groups in total. The second-order valence-corrected chi connectivity index (χ2v) is 8.98. The summed E-state index contributed by atoms with van der Waals surface area (Å²) in [6.45, 7) is 2.66. The number of carbonyl (C=O) groups excluding carboxylic acids is 1. The molecule has 0 saturated carbocycles. The Labute approximate surface area is 182 Å². The lowest BCUT2D eigenvalue weighted by atomic mass is 10.2. The molecular formula is C22H22ClN3O3S. The minimum Gasteiger partial charge on any atom is -0.455 e. The second kappa shape index (κ2) is 9.45. The van der Waals surface area contributed by atoms with Crippen LogP contribution in [0.25, 0.3) is 0 Å². The lowest BCUT2D eigenvalue weighted by molar-refractivity contribution is 0.0713. The van der Waals surface area contributed by atoms with E-state index in [9.17, 15) is 9.00 Å². The first-order valence-electron chi connectivity index (χ1n) is 9.72. The van der Waals surface area contributed by atoms with Crippen molar-refractivity contribution in [2.45, 2.75) is 11.5 Å². The molecular weight excluding hydrogens is 422 g/mol. The van der Waals surface area contributed by atoms with Crippen LogP contribution in [0.3, 0.4) is 0 Å². The molecule has 1 aromatic carbocycles. The highest BCUT2D eigenvalue weighted by molar-refractivity contribution is 7.83. The average Bonchev–Trinajstić information content (AvgIpc) is 3.24. The smallest absolute Gasteiger partial charge is 0.289 e. The number of rotatable bonds is 6. The number of benzene rings is 1. The Balaban J connectivity index is 1.31. The first kappa shape index (κ1) is 20.6. The van der Waals surface area contributed by atoms with E-state index >= 15 is 0 Å². The van der Waals surface area contributed by atoms with E-state index in [1.807, 2.05) is 30.3 Å². The van der Waals surface area contributed by atoms with Gasteiger partial charge in [0.25, 0.3) is 5.91 Å². The topological polar surface area (TPSA) is 66.7 Å². The number of furan rings is 1. The highest BCUT2D eigenvalue weighted by atomic mass is 35.5. The van der Waals surface area contributed by atoms with E-state index in [2.05, 4.69) is 9.88 Å². The first-order valence-corrected chi connectivity index (χ1v) is 11.6. The molecule has 4 rings (SSSR count). The van der Waals surface area contributed by atoms with Crippen LogP contribution in [0.2, 0.25) is 5.02 Å². The Morgan fingerprint density at radius 1 is 1.00 bits per heavy atom. The molecule has 0 radical (unpaired) electrons. The van der Waals surface area contributed by atoms with Gasteiger partial charge in [-0.3, -0.25) is 9.00 Å². The van der Waals surface area contributed by atoms with E-state index in [0.29, 0.717) is 35.4 Å². The van der Waals surface area contributed by atoms with E-state index < -0.39 is 10.8 Å². The fourth-order valence-electron chi connectivity index (χ4n) is 3.38. The molecule has 1 fully saturated rings. The van der Waals surface area contributed by atoms with Gasteiger partial charge in [-0.05, 0) is 42.0 Å². The summed E-state index contributed by atoms with van der Waals surface area (Å²) in [5, 5.41) is 0.652. The number of aromatic nitrogens is 1. The monoisotopic (exact) mass is 443 g/mol. The summed E-state index contributed by atoms with van der Waals surface area (Å²) < 4.78 is 18.1. The van der Waals surface area contributed by atoms with Crippen LogP contribution >= 0.6 is 11.6 Å². The van der Waals surface area contributed by atoms with E-state index in [1.165, 1.54) is 0 Å². The maximum Gasteiger partial charge on any atom is 0.289 e. The van der Waals surface area contributed by atoms with Gasteiger partial charge < -0.3 is 14.2 Å². The summed E-state index contributed by atoms with van der Waals surface area (Å²) >= 11 is 5.88. The molecule has 0 aliphatic carbocycles. The zero-order chi connectivity index (χ0) is 20.9. The number of hydrogen-bond acceptors (Lipinski definition) is 5. The summed E-state index contributed by atoms with van der Waals surface area (Å²) in [5.41, 5.74) is 0.950. The number of halogens is 1. The summed E-state index contributed by atoms with van der Waals surface area (Å²) in [6, 6.07) is 16.5. The fourth-order valence-corrected chi connectivity index (χ4v) is 4.65. The van der Waals surface area contributed by atoms with Crippen molar-refractivity contribution in [1.29, 1.82) is 0 Å². The molecule has 2 aromatic heterocycles. The van der Waals surface area contributed by atoms with Crippen LogP contribution in [0.15, 0.2) is 65.2 Å². The molecule has 1 atom stereocenters. The van der Waals surface area contributed by atoms with Gasteiger partial charge in [-0.15, -0.1) is 0 Å². The molecule has 1 aliphatic rings. The standard InChI is InChI=1S/C22H22ClN3O3S/c23-18-6-4-17(5-7-18)15-30(28)16-19-8-9-20(29-19)22(27)26-13-11-25(12-14-26)21-3-1-2-10-24-21/h1-10H,11-16H2/t30-/m0/s1. The quantitative estimate of drug-likeness (QED) is 0.580. The second-order valence-electron chi connectivity index (χ2n) is 7.09. The van der Waals surface area contributed by atoms with Crippen LogP contribution in [0.1, 0.15) is 21.9 Å². The van der Waals surface area contributed by atoms with Crippen molar-refractivity contribution in [3.05, 3.63) is 82.9 Å². The summed E-state index contributed by atoms with van der Waals surface area (Å²) in [5.74, 6) is 2.32. The van der Waals surface area contributed by atoms with Crippen molar-refractivity contribution < 1.29 is 13.4 Å². The molecule has 1 aliphatic heterocycles. The van der Waals surface area contributed by atoms with Gasteiger partial charge in [0, 0.05) is 54.0 Å². The van der Waals surface area contributed by atoms with Crippen LogP contribution in [0, 0.1) is 0 Å². The molecule has 0 bridgehead atoms. The molecule has 6 nitrogen and oxygen atoms in total. The number of pyridine rings is 1. The molecule has 0 spiro atoms. The van der Waals surface area contributed by atoms with Gasteiger partial charge in [-0.1, -0.05) is 29.8 Å². The predicted molar refractivity (Wildman–Crippen MR) is 118 cm³/mol. The molecule has 1 saturated heterocycles. The Morgan fingerprint density at radius 2 is 1.77 bits per heavy atom. The average molecular weight is 444 g/mol. The summed E-state index contributed by atoms with van der Waals surface area (Å²) in [4.78, 5) is 21.1. The van der Waals surface area contributed by atoms with Crippen molar-refractivity contribution in [2.24, 2.45) is 0 Å². The molecule has 156 valence electrons. The third-order valence-electron chi connectivity index (χ3n) is 4.96. The third-order valence-corrected chi connectivity index (χ3v) is 6.47. The van der Waals surface area contributed by atoms with Crippen LogP contribution in [-0.4, -0.2) is 46.2 Å². The van der Waals surface area contributed by atoms with Gasteiger partial charge in [-0.25, -0.2) is 4.98 Å². The molecule has 0 unspecified atom stereocenters. The Hall–Kier alpha value is -2.64. The van der Waals surface area contributed by atoms with Crippen molar-refractivity contribution in [2.75, 3.05) is 31.1 Å². The number of carbonyl (C=O) groups is 1. The largest absolute Gasteiger partial charge is 0.455 e. The zero-order valence-corrected chi connectivity index (χ0v) is 17.9. The number of piperazine rings is 1. The van der Waals surface area contributed by atoms with Gasteiger partial charge in [0.15, 0.2) is 5.76 Å². The Morgan fingerprint density at radius 3 is 2.47 bits per heavy atom. The highest BCUT2D eigenvalue weighted by Gasteiger charge is 2.25. The molecule has 3 heterocycles. The van der Waals surface area contributed by atoms with E-state index in [1.54, 1.807) is 35.4 Å². The first-order chi connectivity index (χ1) is 14.6. The summed E-state index contributed by atoms with van der Waals surface area (Å²) in [7, 11) is -1.13. The lowest BCUT2D eigenvalue weighted by Crippen LogP contribution is -2.49. The maximum atomic E-state index is 12.8. The number of nitrogens with zero attached hydrogens (tertiary/aromatic N) is 3. The van der Waals surface area contributed by atoms with Gasteiger partial charge in [0.1, 0.15) is 11.6 Å². The molecule has 3 aromatic rings. The fraction of sp³-hybridized carbons (Fsp3) is 0.273. The van der Waals surface area contributed by atoms with Crippen LogP contribution in [0.4, 0.5) is 5.82 Å². The van der Waals surface area contributed by atoms with E-state index in [-0.39, 0.29) is 11.7 Å². The van der Waals surface area contributed by atoms with Crippen molar-refractivity contribution >= 4 is 34.1 Å². The van der Waals surface area contributed by atoms with Gasteiger partial charge in [0.05, 0.1) is 5.75 Å². The maximum absolute atomic E-state index is 12.8. The Bertz CT molecular complexity index is 1020. The predicted octanol–water partition coefficient (Wildman–Crippen LogP) is 3.74. The molecule has 30 heavy (non-hydrogen) atoms. The van der Waals surface area contributed by atoms with Crippen LogP contribution in [0.5, 0.6) is 0 Å². The number of anilines is 1. The van der Waals surface area contributed by atoms with Crippen LogP contribution < -0.4 is 4.90 Å². The van der Waals surface area contributed by atoms with E-state index in [4.69, 9.17) is 16.0 Å². The van der Waals surface area contributed by atoms with Crippen LogP contribution in [-0.2, 0) is 22.3 Å². The number of hydrogen-bond donors (Lipinski definition) is 0. The van der Waals surface area contributed by atoms with Gasteiger partial charge >= 0.3 is 0 Å².